The summed E-state index contributed by atoms with van der Waals surface area (Å²) in [4.78, 5) is 25.8. The maximum absolute atomic E-state index is 13.1. The fraction of sp³-hybridized carbons (Fsp3) is 0.609. The highest BCUT2D eigenvalue weighted by atomic mass is 16.1. The highest BCUT2D eigenvalue weighted by Gasteiger charge is 2.38. The van der Waals surface area contributed by atoms with E-state index in [4.69, 9.17) is 0 Å². The van der Waals surface area contributed by atoms with Gasteiger partial charge < -0.3 is 9.88 Å². The van der Waals surface area contributed by atoms with E-state index in [1.165, 1.54) is 37.8 Å². The smallest absolute Gasteiger partial charge is 0.224 e. The van der Waals surface area contributed by atoms with E-state index in [0.29, 0.717) is 19.0 Å². The molecule has 2 aliphatic carbocycles. The second-order valence-corrected chi connectivity index (χ2v) is 9.52. The molecule has 1 fully saturated rings. The molecule has 2 aromatic heterocycles. The summed E-state index contributed by atoms with van der Waals surface area (Å²) in [6.07, 6.45) is 9.51. The number of amides is 1. The van der Waals surface area contributed by atoms with Gasteiger partial charge in [-0.25, -0.2) is 0 Å². The Morgan fingerprint density at radius 3 is 2.72 bits per heavy atom. The SMILES string of the molecule is Cc1c(CC(=O)NCc2ccn[nH]2)c2c(n1C1CCCCC1)CC(C)(C)CC2=O. The van der Waals surface area contributed by atoms with Crippen molar-refractivity contribution < 1.29 is 9.59 Å². The lowest BCUT2D eigenvalue weighted by Gasteiger charge is -2.33. The van der Waals surface area contributed by atoms with Crippen molar-refractivity contribution in [2.75, 3.05) is 0 Å². The predicted molar refractivity (Wildman–Crippen MR) is 112 cm³/mol. The Labute approximate surface area is 172 Å². The van der Waals surface area contributed by atoms with Gasteiger partial charge in [-0.3, -0.25) is 14.7 Å². The van der Waals surface area contributed by atoms with E-state index >= 15 is 0 Å². The largest absolute Gasteiger partial charge is 0.350 e. The van der Waals surface area contributed by atoms with Crippen molar-refractivity contribution in [1.82, 2.24) is 20.1 Å². The van der Waals surface area contributed by atoms with Crippen LogP contribution in [0.15, 0.2) is 12.3 Å². The average Bonchev–Trinajstić information content (AvgIpc) is 3.27. The zero-order valence-electron chi connectivity index (χ0n) is 17.8. The number of rotatable bonds is 5. The highest BCUT2D eigenvalue weighted by Crippen LogP contribution is 2.42. The topological polar surface area (TPSA) is 79.8 Å². The van der Waals surface area contributed by atoms with Gasteiger partial charge in [-0.2, -0.15) is 5.10 Å². The quantitative estimate of drug-likeness (QED) is 0.800. The van der Waals surface area contributed by atoms with Crippen LogP contribution in [0.5, 0.6) is 0 Å². The molecule has 1 amide bonds. The molecule has 2 aliphatic rings. The normalized spacial score (nSPS) is 19.2. The number of H-pyrrole nitrogens is 1. The first kappa shape index (κ1) is 19.9. The minimum Gasteiger partial charge on any atom is -0.350 e. The molecule has 2 heterocycles. The van der Waals surface area contributed by atoms with Crippen LogP contribution in [0.1, 0.15) is 91.4 Å². The number of hydrogen-bond donors (Lipinski definition) is 2. The summed E-state index contributed by atoms with van der Waals surface area (Å²) >= 11 is 0. The fourth-order valence-electron chi connectivity index (χ4n) is 5.21. The zero-order chi connectivity index (χ0) is 20.6. The number of hydrogen-bond acceptors (Lipinski definition) is 3. The zero-order valence-corrected chi connectivity index (χ0v) is 17.8. The molecule has 0 aromatic carbocycles. The second kappa shape index (κ2) is 7.81. The molecular weight excluding hydrogens is 364 g/mol. The van der Waals surface area contributed by atoms with Crippen LogP contribution >= 0.6 is 0 Å². The molecule has 2 N–H and O–H groups in total. The molecule has 0 bridgehead atoms. The summed E-state index contributed by atoms with van der Waals surface area (Å²) in [5.41, 5.74) is 4.91. The lowest BCUT2D eigenvalue weighted by molar-refractivity contribution is -0.120. The van der Waals surface area contributed by atoms with Crippen LogP contribution in [0, 0.1) is 12.3 Å². The minimum absolute atomic E-state index is 0.0263. The maximum atomic E-state index is 13.1. The fourth-order valence-corrected chi connectivity index (χ4v) is 5.21. The van der Waals surface area contributed by atoms with Crippen molar-refractivity contribution in [3.05, 3.63) is 40.5 Å². The van der Waals surface area contributed by atoms with Crippen LogP contribution in [0.3, 0.4) is 0 Å². The van der Waals surface area contributed by atoms with Crippen LogP contribution in [-0.4, -0.2) is 26.5 Å². The van der Waals surface area contributed by atoms with Gasteiger partial charge in [-0.1, -0.05) is 33.1 Å². The van der Waals surface area contributed by atoms with Gasteiger partial charge in [0.25, 0.3) is 0 Å². The number of nitrogens with one attached hydrogen (secondary N) is 2. The van der Waals surface area contributed by atoms with Crippen molar-refractivity contribution >= 4 is 11.7 Å². The van der Waals surface area contributed by atoms with Crippen molar-refractivity contribution in [2.24, 2.45) is 5.41 Å². The lowest BCUT2D eigenvalue weighted by Crippen LogP contribution is -2.30. The molecule has 29 heavy (non-hydrogen) atoms. The van der Waals surface area contributed by atoms with Crippen molar-refractivity contribution in [3.63, 3.8) is 0 Å². The van der Waals surface area contributed by atoms with Gasteiger partial charge in [0.1, 0.15) is 0 Å². The van der Waals surface area contributed by atoms with Crippen LogP contribution in [0.2, 0.25) is 0 Å². The third-order valence-corrected chi connectivity index (χ3v) is 6.55. The number of Topliss-reactive ketones (excluding diaryl/α,β-unsaturated/α-hetero) is 1. The summed E-state index contributed by atoms with van der Waals surface area (Å²) in [6, 6.07) is 2.31. The molecule has 6 nitrogen and oxygen atoms in total. The molecule has 1 saturated carbocycles. The first-order chi connectivity index (χ1) is 13.9. The Morgan fingerprint density at radius 1 is 1.28 bits per heavy atom. The molecule has 0 saturated heterocycles. The van der Waals surface area contributed by atoms with Crippen molar-refractivity contribution in [3.8, 4) is 0 Å². The molecule has 6 heteroatoms. The van der Waals surface area contributed by atoms with Crippen LogP contribution in [0.25, 0.3) is 0 Å². The summed E-state index contributed by atoms with van der Waals surface area (Å²) < 4.78 is 2.44. The molecule has 156 valence electrons. The van der Waals surface area contributed by atoms with E-state index in [1.54, 1.807) is 6.20 Å². The number of carbonyl (C=O) groups is 2. The van der Waals surface area contributed by atoms with E-state index in [1.807, 2.05) is 6.07 Å². The molecule has 0 spiro atoms. The Hall–Kier alpha value is -2.37. The monoisotopic (exact) mass is 396 g/mol. The van der Waals surface area contributed by atoms with Crippen LogP contribution < -0.4 is 5.32 Å². The van der Waals surface area contributed by atoms with Gasteiger partial charge in [-0.05, 0) is 43.2 Å². The molecule has 0 aliphatic heterocycles. The molecule has 0 radical (unpaired) electrons. The highest BCUT2D eigenvalue weighted by molar-refractivity contribution is 6.01. The third kappa shape index (κ3) is 4.02. The first-order valence-corrected chi connectivity index (χ1v) is 10.9. The summed E-state index contributed by atoms with van der Waals surface area (Å²) in [7, 11) is 0. The number of nitrogens with zero attached hydrogens (tertiary/aromatic N) is 2. The lowest BCUT2D eigenvalue weighted by atomic mass is 9.75. The van der Waals surface area contributed by atoms with Crippen molar-refractivity contribution in [2.45, 2.75) is 84.7 Å². The molecular formula is C23H32N4O2. The Bertz CT molecular complexity index is 902. The molecule has 0 atom stereocenters. The summed E-state index contributed by atoms with van der Waals surface area (Å²) in [5, 5.41) is 9.72. The van der Waals surface area contributed by atoms with Crippen LogP contribution in [0.4, 0.5) is 0 Å². The van der Waals surface area contributed by atoms with E-state index < -0.39 is 0 Å². The maximum Gasteiger partial charge on any atom is 0.224 e. The van der Waals surface area contributed by atoms with Crippen LogP contribution in [-0.2, 0) is 24.2 Å². The van der Waals surface area contributed by atoms with E-state index in [-0.39, 0.29) is 23.5 Å². The predicted octanol–water partition coefficient (Wildman–Crippen LogP) is 4.04. The van der Waals surface area contributed by atoms with Gasteiger partial charge in [0.15, 0.2) is 5.78 Å². The summed E-state index contributed by atoms with van der Waals surface area (Å²) in [5.74, 6) is 0.147. The Kier molecular flexibility index (Phi) is 5.36. The van der Waals surface area contributed by atoms with E-state index in [9.17, 15) is 9.59 Å². The number of ketones is 1. The first-order valence-electron chi connectivity index (χ1n) is 10.9. The number of carbonyl (C=O) groups excluding carboxylic acids is 2. The number of aromatic amines is 1. The number of fused-ring (bicyclic) bond motifs is 1. The summed E-state index contributed by atoms with van der Waals surface area (Å²) in [6.45, 7) is 6.88. The third-order valence-electron chi connectivity index (χ3n) is 6.55. The van der Waals surface area contributed by atoms with Gasteiger partial charge >= 0.3 is 0 Å². The Morgan fingerprint density at radius 2 is 2.03 bits per heavy atom. The van der Waals surface area contributed by atoms with Crippen molar-refractivity contribution in [1.29, 1.82) is 0 Å². The molecule has 2 aromatic rings. The van der Waals surface area contributed by atoms with E-state index in [0.717, 1.165) is 28.9 Å². The standard InChI is InChI=1S/C23H32N4O2/c1-15-18(11-21(29)24-14-16-9-10-25-26-16)22-19(12-23(2,3)13-20(22)28)27(15)17-7-5-4-6-8-17/h9-10,17H,4-8,11-14H2,1-3H3,(H,24,29)(H,25,26). The minimum atomic E-state index is -0.0519. The number of aromatic nitrogens is 3. The van der Waals surface area contributed by atoms with Gasteiger partial charge in [0, 0.05) is 35.6 Å². The molecule has 4 rings (SSSR count). The van der Waals surface area contributed by atoms with Gasteiger partial charge in [0.05, 0.1) is 18.7 Å². The molecule has 0 unspecified atom stereocenters. The second-order valence-electron chi connectivity index (χ2n) is 9.52. The average molecular weight is 397 g/mol. The van der Waals surface area contributed by atoms with Gasteiger partial charge in [-0.15, -0.1) is 0 Å². The van der Waals surface area contributed by atoms with Gasteiger partial charge in [0.2, 0.25) is 5.91 Å². The van der Waals surface area contributed by atoms with E-state index in [2.05, 4.69) is 40.9 Å². The Balaban J connectivity index is 1.65.